The fourth-order valence-electron chi connectivity index (χ4n) is 2.43. The van der Waals surface area contributed by atoms with Crippen molar-refractivity contribution in [3.63, 3.8) is 0 Å². The molecule has 0 aliphatic carbocycles. The quantitative estimate of drug-likeness (QED) is 0.686. The standard InChI is InChI=1S/C16H24N2O3/c1-10(2)6-12(8-15(19)20)9-18-14-7-11(3)4-5-13(14)16(17)21/h4-5,7,10,12,18H,6,8-9H2,1-3H3,(H2,17,21)(H,19,20). The van der Waals surface area contributed by atoms with Crippen molar-refractivity contribution in [1.29, 1.82) is 0 Å². The molecule has 5 heteroatoms. The molecular weight excluding hydrogens is 268 g/mol. The third-order valence-corrected chi connectivity index (χ3v) is 3.29. The third-order valence-electron chi connectivity index (χ3n) is 3.29. The molecule has 1 aromatic rings. The molecule has 0 bridgehead atoms. The van der Waals surface area contributed by atoms with Gasteiger partial charge in [0.25, 0.3) is 5.91 Å². The van der Waals surface area contributed by atoms with Crippen molar-refractivity contribution in [3.8, 4) is 0 Å². The molecule has 1 amide bonds. The van der Waals surface area contributed by atoms with Crippen LogP contribution in [0.5, 0.6) is 0 Å². The molecule has 116 valence electrons. The maximum Gasteiger partial charge on any atom is 0.303 e. The molecular formula is C16H24N2O3. The molecule has 1 aromatic carbocycles. The van der Waals surface area contributed by atoms with Gasteiger partial charge in [-0.3, -0.25) is 9.59 Å². The first kappa shape index (κ1) is 17.0. The molecule has 0 heterocycles. The van der Waals surface area contributed by atoms with E-state index in [1.165, 1.54) is 0 Å². The summed E-state index contributed by atoms with van der Waals surface area (Å²) in [6, 6.07) is 5.37. The van der Waals surface area contributed by atoms with Crippen LogP contribution in [0, 0.1) is 18.8 Å². The molecule has 1 atom stereocenters. The van der Waals surface area contributed by atoms with Crippen LogP contribution in [0.15, 0.2) is 18.2 Å². The number of primary amides is 1. The molecule has 0 spiro atoms. The number of carboxylic acid groups (broad SMARTS) is 1. The first-order valence-corrected chi connectivity index (χ1v) is 7.15. The number of carboxylic acids is 1. The van der Waals surface area contributed by atoms with Gasteiger partial charge in [-0.15, -0.1) is 0 Å². The van der Waals surface area contributed by atoms with E-state index in [9.17, 15) is 9.59 Å². The molecule has 5 nitrogen and oxygen atoms in total. The van der Waals surface area contributed by atoms with Gasteiger partial charge in [-0.25, -0.2) is 0 Å². The van der Waals surface area contributed by atoms with Gasteiger partial charge in [-0.2, -0.15) is 0 Å². The van der Waals surface area contributed by atoms with Gasteiger partial charge in [-0.1, -0.05) is 19.9 Å². The Labute approximate surface area is 125 Å². The first-order chi connectivity index (χ1) is 9.79. The van der Waals surface area contributed by atoms with Crippen LogP contribution in [-0.2, 0) is 4.79 Å². The van der Waals surface area contributed by atoms with E-state index in [2.05, 4.69) is 19.2 Å². The van der Waals surface area contributed by atoms with Crippen LogP contribution in [0.1, 0.15) is 42.6 Å². The van der Waals surface area contributed by atoms with Gasteiger partial charge in [-0.05, 0) is 42.9 Å². The van der Waals surface area contributed by atoms with Gasteiger partial charge in [0.05, 0.1) is 5.56 Å². The summed E-state index contributed by atoms with van der Waals surface area (Å²) < 4.78 is 0. The van der Waals surface area contributed by atoms with Crippen LogP contribution in [0.3, 0.4) is 0 Å². The minimum atomic E-state index is -0.804. The third kappa shape index (κ3) is 5.85. The Kier molecular flexibility index (Phi) is 6.21. The summed E-state index contributed by atoms with van der Waals surface area (Å²) in [6.45, 7) is 6.57. The zero-order chi connectivity index (χ0) is 16.0. The SMILES string of the molecule is Cc1ccc(C(N)=O)c(NCC(CC(=O)O)CC(C)C)c1. The highest BCUT2D eigenvalue weighted by molar-refractivity contribution is 5.98. The summed E-state index contributed by atoms with van der Waals surface area (Å²) in [5, 5.41) is 12.2. The number of nitrogens with one attached hydrogen (secondary N) is 1. The van der Waals surface area contributed by atoms with Crippen LogP contribution in [0.2, 0.25) is 0 Å². The summed E-state index contributed by atoms with van der Waals surface area (Å²) in [4.78, 5) is 22.4. The normalized spacial score (nSPS) is 12.2. The Balaban J connectivity index is 2.81. The molecule has 0 aromatic heterocycles. The molecule has 0 radical (unpaired) electrons. The van der Waals surface area contributed by atoms with Crippen LogP contribution in [-0.4, -0.2) is 23.5 Å². The Bertz CT molecular complexity index is 512. The lowest BCUT2D eigenvalue weighted by Crippen LogP contribution is -2.22. The number of rotatable bonds is 8. The van der Waals surface area contributed by atoms with Crippen LogP contribution in [0.4, 0.5) is 5.69 Å². The van der Waals surface area contributed by atoms with Crippen molar-refractivity contribution in [2.75, 3.05) is 11.9 Å². The van der Waals surface area contributed by atoms with Gasteiger partial charge >= 0.3 is 5.97 Å². The number of nitrogens with two attached hydrogens (primary N) is 1. The van der Waals surface area contributed by atoms with Gasteiger partial charge in [0.2, 0.25) is 0 Å². The number of amides is 1. The van der Waals surface area contributed by atoms with E-state index in [1.54, 1.807) is 6.07 Å². The average Bonchev–Trinajstić information content (AvgIpc) is 2.34. The molecule has 0 saturated heterocycles. The molecule has 0 aliphatic rings. The second kappa shape index (κ2) is 7.67. The second-order valence-electron chi connectivity index (χ2n) is 5.89. The van der Waals surface area contributed by atoms with E-state index in [0.717, 1.165) is 12.0 Å². The number of aryl methyl sites for hydroxylation is 1. The van der Waals surface area contributed by atoms with Crippen molar-refractivity contribution in [1.82, 2.24) is 0 Å². The first-order valence-electron chi connectivity index (χ1n) is 7.15. The highest BCUT2D eigenvalue weighted by Crippen LogP contribution is 2.20. The smallest absolute Gasteiger partial charge is 0.303 e. The monoisotopic (exact) mass is 292 g/mol. The van der Waals surface area contributed by atoms with Crippen molar-refractivity contribution in [2.24, 2.45) is 17.6 Å². The number of aliphatic carboxylic acids is 1. The number of carbonyl (C=O) groups is 2. The van der Waals surface area contributed by atoms with Gasteiger partial charge in [0, 0.05) is 18.7 Å². The second-order valence-corrected chi connectivity index (χ2v) is 5.89. The molecule has 21 heavy (non-hydrogen) atoms. The number of hydrogen-bond acceptors (Lipinski definition) is 3. The molecule has 4 N–H and O–H groups in total. The van der Waals surface area contributed by atoms with Crippen LogP contribution >= 0.6 is 0 Å². The molecule has 0 aliphatic heterocycles. The van der Waals surface area contributed by atoms with E-state index in [1.807, 2.05) is 19.1 Å². The summed E-state index contributed by atoms with van der Waals surface area (Å²) in [5.74, 6) is -0.856. The largest absolute Gasteiger partial charge is 0.481 e. The predicted molar refractivity (Wildman–Crippen MR) is 83.4 cm³/mol. The number of carbonyl (C=O) groups excluding carboxylic acids is 1. The zero-order valence-electron chi connectivity index (χ0n) is 12.8. The number of anilines is 1. The molecule has 1 rings (SSSR count). The highest BCUT2D eigenvalue weighted by atomic mass is 16.4. The van der Waals surface area contributed by atoms with Crippen LogP contribution in [0.25, 0.3) is 0 Å². The Morgan fingerprint density at radius 1 is 1.33 bits per heavy atom. The average molecular weight is 292 g/mol. The summed E-state index contributed by atoms with van der Waals surface area (Å²) >= 11 is 0. The van der Waals surface area contributed by atoms with Crippen molar-refractivity contribution < 1.29 is 14.7 Å². The fourth-order valence-corrected chi connectivity index (χ4v) is 2.43. The Morgan fingerprint density at radius 3 is 2.52 bits per heavy atom. The molecule has 0 saturated carbocycles. The minimum Gasteiger partial charge on any atom is -0.481 e. The molecule has 0 fully saturated rings. The van der Waals surface area contributed by atoms with E-state index < -0.39 is 11.9 Å². The lowest BCUT2D eigenvalue weighted by Gasteiger charge is -2.19. The lowest BCUT2D eigenvalue weighted by atomic mass is 9.94. The minimum absolute atomic E-state index is 0.0174. The zero-order valence-corrected chi connectivity index (χ0v) is 12.8. The van der Waals surface area contributed by atoms with Gasteiger partial charge < -0.3 is 16.2 Å². The lowest BCUT2D eigenvalue weighted by molar-refractivity contribution is -0.138. The number of benzene rings is 1. The topological polar surface area (TPSA) is 92.4 Å². The van der Waals surface area contributed by atoms with E-state index in [0.29, 0.717) is 23.7 Å². The fraction of sp³-hybridized carbons (Fsp3) is 0.500. The van der Waals surface area contributed by atoms with E-state index >= 15 is 0 Å². The van der Waals surface area contributed by atoms with Crippen LogP contribution < -0.4 is 11.1 Å². The maximum atomic E-state index is 11.4. The summed E-state index contributed by atoms with van der Waals surface area (Å²) in [5.41, 5.74) is 7.47. The maximum absolute atomic E-state index is 11.4. The summed E-state index contributed by atoms with van der Waals surface area (Å²) in [7, 11) is 0. The van der Waals surface area contributed by atoms with E-state index in [-0.39, 0.29) is 12.3 Å². The molecule has 1 unspecified atom stereocenters. The van der Waals surface area contributed by atoms with Gasteiger partial charge in [0.15, 0.2) is 0 Å². The van der Waals surface area contributed by atoms with Gasteiger partial charge in [0.1, 0.15) is 0 Å². The Morgan fingerprint density at radius 2 is 2.00 bits per heavy atom. The van der Waals surface area contributed by atoms with E-state index in [4.69, 9.17) is 10.8 Å². The number of hydrogen-bond donors (Lipinski definition) is 3. The predicted octanol–water partition coefficient (Wildman–Crippen LogP) is 2.64. The summed E-state index contributed by atoms with van der Waals surface area (Å²) in [6.07, 6.45) is 0.930. The van der Waals surface area contributed by atoms with Crippen molar-refractivity contribution in [2.45, 2.75) is 33.6 Å². The highest BCUT2D eigenvalue weighted by Gasteiger charge is 2.16. The van der Waals surface area contributed by atoms with Crippen molar-refractivity contribution >= 4 is 17.6 Å². The Hall–Kier alpha value is -2.04. The van der Waals surface area contributed by atoms with Crippen molar-refractivity contribution in [3.05, 3.63) is 29.3 Å².